The van der Waals surface area contributed by atoms with Crippen LogP contribution < -0.4 is 5.32 Å². The predicted octanol–water partition coefficient (Wildman–Crippen LogP) is 2.84. The summed E-state index contributed by atoms with van der Waals surface area (Å²) in [4.78, 5) is 0. The Labute approximate surface area is 125 Å². The monoisotopic (exact) mass is 282 g/mol. The van der Waals surface area contributed by atoms with Crippen LogP contribution in [0.3, 0.4) is 0 Å². The minimum Gasteiger partial charge on any atom is -0.341 e. The van der Waals surface area contributed by atoms with E-state index in [1.807, 2.05) is 18.7 Å². The fourth-order valence-electron chi connectivity index (χ4n) is 2.84. The van der Waals surface area contributed by atoms with E-state index in [0.29, 0.717) is 0 Å². The van der Waals surface area contributed by atoms with Crippen molar-refractivity contribution < 1.29 is 0 Å². The molecule has 0 aliphatic carbocycles. The van der Waals surface area contributed by atoms with Crippen molar-refractivity contribution in [2.24, 2.45) is 7.05 Å². The summed E-state index contributed by atoms with van der Waals surface area (Å²) in [6.07, 6.45) is 2.26. The van der Waals surface area contributed by atoms with E-state index in [0.717, 1.165) is 25.3 Å². The molecule has 2 heterocycles. The average Bonchev–Trinajstić information content (AvgIpc) is 2.98. The first-order valence-corrected chi connectivity index (χ1v) is 7.46. The van der Waals surface area contributed by atoms with Crippen molar-refractivity contribution in [1.29, 1.82) is 0 Å². The minimum atomic E-state index is 0.851. The molecule has 4 heteroatoms. The first-order valence-electron chi connectivity index (χ1n) is 7.46. The van der Waals surface area contributed by atoms with Crippen LogP contribution in [-0.2, 0) is 20.1 Å². The van der Waals surface area contributed by atoms with Gasteiger partial charge in [0.15, 0.2) is 0 Å². The lowest BCUT2D eigenvalue weighted by Gasteiger charge is -2.05. The predicted molar refractivity (Wildman–Crippen MR) is 86.4 cm³/mol. The van der Waals surface area contributed by atoms with Crippen LogP contribution in [0.4, 0.5) is 0 Å². The van der Waals surface area contributed by atoms with E-state index in [1.54, 1.807) is 0 Å². The molecule has 0 unspecified atom stereocenters. The lowest BCUT2D eigenvalue weighted by Crippen LogP contribution is -2.11. The van der Waals surface area contributed by atoms with Crippen LogP contribution in [0, 0.1) is 6.92 Å². The zero-order chi connectivity index (χ0) is 14.8. The summed E-state index contributed by atoms with van der Waals surface area (Å²) in [5.74, 6) is 0. The summed E-state index contributed by atoms with van der Waals surface area (Å²) >= 11 is 0. The first-order chi connectivity index (χ1) is 10.2. The van der Waals surface area contributed by atoms with Gasteiger partial charge in [-0.15, -0.1) is 0 Å². The number of para-hydroxylation sites is 1. The molecule has 0 aliphatic rings. The fraction of sp³-hybridized carbons (Fsp3) is 0.353. The van der Waals surface area contributed by atoms with Gasteiger partial charge >= 0.3 is 0 Å². The molecule has 110 valence electrons. The van der Waals surface area contributed by atoms with Gasteiger partial charge in [-0.3, -0.25) is 4.68 Å². The van der Waals surface area contributed by atoms with Crippen LogP contribution >= 0.6 is 0 Å². The van der Waals surface area contributed by atoms with E-state index >= 15 is 0 Å². The van der Waals surface area contributed by atoms with Crippen molar-refractivity contribution in [3.63, 3.8) is 0 Å². The van der Waals surface area contributed by atoms with Crippen LogP contribution in [0.1, 0.15) is 23.9 Å². The van der Waals surface area contributed by atoms with E-state index < -0.39 is 0 Å². The zero-order valence-corrected chi connectivity index (χ0v) is 12.9. The molecule has 0 fully saturated rings. The van der Waals surface area contributed by atoms with Gasteiger partial charge in [0.1, 0.15) is 0 Å². The Morgan fingerprint density at radius 2 is 2.05 bits per heavy atom. The highest BCUT2D eigenvalue weighted by molar-refractivity contribution is 5.84. The molecule has 4 nitrogen and oxygen atoms in total. The van der Waals surface area contributed by atoms with Crippen molar-refractivity contribution in [3.05, 3.63) is 53.5 Å². The summed E-state index contributed by atoms with van der Waals surface area (Å²) in [5, 5.41) is 9.18. The largest absolute Gasteiger partial charge is 0.341 e. The van der Waals surface area contributed by atoms with Crippen LogP contribution in [-0.4, -0.2) is 20.9 Å². The molecule has 0 saturated carbocycles. The highest BCUT2D eigenvalue weighted by atomic mass is 15.3. The lowest BCUT2D eigenvalue weighted by atomic mass is 10.2. The smallest absolute Gasteiger partial charge is 0.0645 e. The standard InChI is InChI=1S/C17H22N4/c1-4-18-10-14-11-21(17-8-6-5-7-16(14)17)12-15-9-13(2)19-20(15)3/h5-9,11,18H,4,10,12H2,1-3H3. The molecule has 0 amide bonds. The van der Waals surface area contributed by atoms with Gasteiger partial charge in [-0.1, -0.05) is 25.1 Å². The Kier molecular flexibility index (Phi) is 3.80. The third-order valence-corrected chi connectivity index (χ3v) is 3.87. The minimum absolute atomic E-state index is 0.851. The Bertz CT molecular complexity index is 751. The summed E-state index contributed by atoms with van der Waals surface area (Å²) in [6.45, 7) is 6.92. The topological polar surface area (TPSA) is 34.8 Å². The number of hydrogen-bond donors (Lipinski definition) is 1. The molecule has 21 heavy (non-hydrogen) atoms. The number of nitrogens with zero attached hydrogens (tertiary/aromatic N) is 3. The highest BCUT2D eigenvalue weighted by Gasteiger charge is 2.10. The number of aryl methyl sites for hydroxylation is 2. The number of aromatic nitrogens is 3. The lowest BCUT2D eigenvalue weighted by molar-refractivity contribution is 0.669. The Morgan fingerprint density at radius 1 is 1.24 bits per heavy atom. The molecule has 3 aromatic rings. The summed E-state index contributed by atoms with van der Waals surface area (Å²) in [6, 6.07) is 10.8. The van der Waals surface area contributed by atoms with Crippen molar-refractivity contribution in [3.8, 4) is 0 Å². The van der Waals surface area contributed by atoms with Gasteiger partial charge in [0.25, 0.3) is 0 Å². The zero-order valence-electron chi connectivity index (χ0n) is 12.9. The van der Waals surface area contributed by atoms with Gasteiger partial charge in [0.05, 0.1) is 17.9 Å². The van der Waals surface area contributed by atoms with Crippen molar-refractivity contribution in [2.45, 2.75) is 26.9 Å². The van der Waals surface area contributed by atoms with E-state index in [-0.39, 0.29) is 0 Å². The second-order valence-corrected chi connectivity index (χ2v) is 5.48. The molecule has 1 N–H and O–H groups in total. The average molecular weight is 282 g/mol. The van der Waals surface area contributed by atoms with Gasteiger partial charge in [0.2, 0.25) is 0 Å². The second-order valence-electron chi connectivity index (χ2n) is 5.48. The van der Waals surface area contributed by atoms with Gasteiger partial charge in [-0.2, -0.15) is 5.10 Å². The van der Waals surface area contributed by atoms with Gasteiger partial charge in [0, 0.05) is 30.7 Å². The maximum atomic E-state index is 4.43. The van der Waals surface area contributed by atoms with Gasteiger partial charge in [-0.25, -0.2) is 0 Å². The molecule has 1 aromatic carbocycles. The number of rotatable bonds is 5. The molecular weight excluding hydrogens is 260 g/mol. The Hall–Kier alpha value is -2.07. The Balaban J connectivity index is 2.00. The van der Waals surface area contributed by atoms with Crippen LogP contribution in [0.15, 0.2) is 36.5 Å². The third kappa shape index (κ3) is 2.72. The number of hydrogen-bond acceptors (Lipinski definition) is 2. The number of nitrogens with one attached hydrogen (secondary N) is 1. The molecule has 2 aromatic heterocycles. The van der Waals surface area contributed by atoms with E-state index in [1.165, 1.54) is 22.2 Å². The van der Waals surface area contributed by atoms with E-state index in [4.69, 9.17) is 0 Å². The normalized spacial score (nSPS) is 11.4. The quantitative estimate of drug-likeness (QED) is 0.781. The van der Waals surface area contributed by atoms with Gasteiger partial charge < -0.3 is 9.88 Å². The summed E-state index contributed by atoms with van der Waals surface area (Å²) in [7, 11) is 2.01. The molecule has 0 bridgehead atoms. The SMILES string of the molecule is CCNCc1cn(Cc2cc(C)nn2C)c2ccccc12. The van der Waals surface area contributed by atoms with E-state index in [9.17, 15) is 0 Å². The second kappa shape index (κ2) is 5.74. The highest BCUT2D eigenvalue weighted by Crippen LogP contribution is 2.22. The molecule has 0 saturated heterocycles. The molecule has 3 rings (SSSR count). The van der Waals surface area contributed by atoms with Crippen LogP contribution in [0.25, 0.3) is 10.9 Å². The van der Waals surface area contributed by atoms with Crippen LogP contribution in [0.2, 0.25) is 0 Å². The maximum Gasteiger partial charge on any atom is 0.0645 e. The molecule has 0 atom stereocenters. The maximum absolute atomic E-state index is 4.43. The molecule has 0 radical (unpaired) electrons. The Morgan fingerprint density at radius 3 is 2.76 bits per heavy atom. The van der Waals surface area contributed by atoms with Crippen LogP contribution in [0.5, 0.6) is 0 Å². The molecular formula is C17H22N4. The molecule has 0 spiro atoms. The van der Waals surface area contributed by atoms with Crippen molar-refractivity contribution in [2.75, 3.05) is 6.54 Å². The van der Waals surface area contributed by atoms with E-state index in [2.05, 4.69) is 58.4 Å². The van der Waals surface area contributed by atoms with Crippen molar-refractivity contribution >= 4 is 10.9 Å². The van der Waals surface area contributed by atoms with Gasteiger partial charge in [-0.05, 0) is 31.2 Å². The third-order valence-electron chi connectivity index (χ3n) is 3.87. The first kappa shape index (κ1) is 13.9. The molecule has 0 aliphatic heterocycles. The number of benzene rings is 1. The number of fused-ring (bicyclic) bond motifs is 1. The summed E-state index contributed by atoms with van der Waals surface area (Å²) < 4.78 is 4.28. The van der Waals surface area contributed by atoms with Crippen molar-refractivity contribution in [1.82, 2.24) is 19.7 Å². The fourth-order valence-corrected chi connectivity index (χ4v) is 2.84. The summed E-state index contributed by atoms with van der Waals surface area (Å²) in [5.41, 5.74) is 4.93.